The Bertz CT molecular complexity index is 1130. The van der Waals surface area contributed by atoms with Crippen LogP contribution in [0.15, 0.2) is 53.7 Å². The molecule has 0 unspecified atom stereocenters. The third-order valence-electron chi connectivity index (χ3n) is 5.60. The molecule has 172 valence electrons. The van der Waals surface area contributed by atoms with E-state index in [0.29, 0.717) is 35.3 Å². The minimum Gasteiger partial charge on any atom is -0.497 e. The molecular formula is C24H25ClN4O3S. The highest BCUT2D eigenvalue weighted by Gasteiger charge is 2.33. The second-order valence-electron chi connectivity index (χ2n) is 7.68. The summed E-state index contributed by atoms with van der Waals surface area (Å²) in [6, 6.07) is 14.3. The second-order valence-corrected chi connectivity index (χ2v) is 9.29. The molecule has 0 bridgehead atoms. The number of nitrogens with zero attached hydrogens (tertiary/aromatic N) is 4. The van der Waals surface area contributed by atoms with Gasteiger partial charge in [-0.1, -0.05) is 29.8 Å². The number of benzene rings is 2. The van der Waals surface area contributed by atoms with Gasteiger partial charge in [0.15, 0.2) is 11.0 Å². The first kappa shape index (κ1) is 23.3. The van der Waals surface area contributed by atoms with Crippen molar-refractivity contribution in [2.24, 2.45) is 0 Å². The summed E-state index contributed by atoms with van der Waals surface area (Å²) in [4.78, 5) is 27.8. The van der Waals surface area contributed by atoms with Crippen LogP contribution >= 0.6 is 23.4 Å². The molecule has 2 aromatic carbocycles. The average molecular weight is 485 g/mol. The Balaban J connectivity index is 1.56. The van der Waals surface area contributed by atoms with Crippen LogP contribution in [0.2, 0.25) is 5.02 Å². The Kier molecular flexibility index (Phi) is 7.35. The van der Waals surface area contributed by atoms with E-state index in [4.69, 9.17) is 16.3 Å². The van der Waals surface area contributed by atoms with Gasteiger partial charge in [0.1, 0.15) is 5.75 Å². The number of carbonyl (C=O) groups is 2. The summed E-state index contributed by atoms with van der Waals surface area (Å²) in [5.41, 5.74) is 1.38. The normalized spacial score (nSPS) is 16.5. The molecular weight excluding hydrogens is 460 g/mol. The molecule has 0 radical (unpaired) electrons. The molecule has 33 heavy (non-hydrogen) atoms. The molecule has 1 atom stereocenters. The highest BCUT2D eigenvalue weighted by atomic mass is 35.5. The number of thioether (sulfide) groups is 1. The standard InChI is InChI=1S/C24H25ClN4O3S/c1-3-28-21(16-9-13-19(32-2)14-10-16)26-27-24(28)33-20-6-4-5-15-29(23(20)31)22(30)17-7-11-18(25)12-8-17/h7-14,20H,3-6,15H2,1-2H3/t20-/m1/s1. The van der Waals surface area contributed by atoms with Crippen molar-refractivity contribution in [1.29, 1.82) is 0 Å². The lowest BCUT2D eigenvalue weighted by Crippen LogP contribution is -2.41. The van der Waals surface area contributed by atoms with Gasteiger partial charge in [0.2, 0.25) is 5.91 Å². The van der Waals surface area contributed by atoms with Crippen molar-refractivity contribution in [3.05, 3.63) is 59.1 Å². The Morgan fingerprint density at radius 2 is 1.85 bits per heavy atom. The molecule has 9 heteroatoms. The third kappa shape index (κ3) is 5.07. The van der Waals surface area contributed by atoms with E-state index in [2.05, 4.69) is 10.2 Å². The number of hydrogen-bond donors (Lipinski definition) is 0. The van der Waals surface area contributed by atoms with Gasteiger partial charge in [-0.2, -0.15) is 0 Å². The maximum Gasteiger partial charge on any atom is 0.260 e. The van der Waals surface area contributed by atoms with Crippen molar-refractivity contribution in [3.8, 4) is 17.1 Å². The van der Waals surface area contributed by atoms with E-state index >= 15 is 0 Å². The largest absolute Gasteiger partial charge is 0.497 e. The Morgan fingerprint density at radius 1 is 1.12 bits per heavy atom. The van der Waals surface area contributed by atoms with Crippen LogP contribution in [0.1, 0.15) is 36.5 Å². The number of aromatic nitrogens is 3. The quantitative estimate of drug-likeness (QED) is 0.461. The number of hydrogen-bond acceptors (Lipinski definition) is 6. The number of methoxy groups -OCH3 is 1. The molecule has 1 aliphatic heterocycles. The maximum atomic E-state index is 13.4. The first-order chi connectivity index (χ1) is 16.0. The lowest BCUT2D eigenvalue weighted by Gasteiger charge is -2.22. The molecule has 0 spiro atoms. The molecule has 0 saturated carbocycles. The molecule has 0 N–H and O–H groups in total. The summed E-state index contributed by atoms with van der Waals surface area (Å²) < 4.78 is 7.23. The van der Waals surface area contributed by atoms with Crippen molar-refractivity contribution >= 4 is 35.2 Å². The zero-order chi connectivity index (χ0) is 23.4. The van der Waals surface area contributed by atoms with Crippen molar-refractivity contribution < 1.29 is 14.3 Å². The van der Waals surface area contributed by atoms with Crippen LogP contribution in [0.3, 0.4) is 0 Å². The van der Waals surface area contributed by atoms with E-state index in [0.717, 1.165) is 30.0 Å². The molecule has 1 aromatic heterocycles. The first-order valence-electron chi connectivity index (χ1n) is 10.9. The minimum absolute atomic E-state index is 0.186. The van der Waals surface area contributed by atoms with E-state index in [9.17, 15) is 9.59 Å². The average Bonchev–Trinajstić information content (AvgIpc) is 3.16. The zero-order valence-electron chi connectivity index (χ0n) is 18.5. The van der Waals surface area contributed by atoms with Crippen LogP contribution in [0.25, 0.3) is 11.4 Å². The van der Waals surface area contributed by atoms with Gasteiger partial charge in [-0.05, 0) is 68.3 Å². The van der Waals surface area contributed by atoms with Gasteiger partial charge in [-0.3, -0.25) is 14.5 Å². The fourth-order valence-corrected chi connectivity index (χ4v) is 5.13. The van der Waals surface area contributed by atoms with E-state index in [1.54, 1.807) is 31.4 Å². The molecule has 4 rings (SSSR count). The van der Waals surface area contributed by atoms with Gasteiger partial charge >= 0.3 is 0 Å². The van der Waals surface area contributed by atoms with E-state index in [-0.39, 0.29) is 11.8 Å². The number of amides is 2. The summed E-state index contributed by atoms with van der Waals surface area (Å²) in [7, 11) is 1.63. The topological polar surface area (TPSA) is 77.3 Å². The highest BCUT2D eigenvalue weighted by Crippen LogP contribution is 2.32. The molecule has 2 heterocycles. The number of ether oxygens (including phenoxy) is 1. The highest BCUT2D eigenvalue weighted by molar-refractivity contribution is 8.00. The molecule has 0 aliphatic carbocycles. The number of imide groups is 1. The summed E-state index contributed by atoms with van der Waals surface area (Å²) in [6.45, 7) is 3.09. The number of likely N-dealkylation sites (tertiary alicyclic amines) is 1. The summed E-state index contributed by atoms with van der Waals surface area (Å²) in [5, 5.41) is 9.58. The van der Waals surface area contributed by atoms with Crippen LogP contribution in [0.4, 0.5) is 0 Å². The molecule has 7 nitrogen and oxygen atoms in total. The van der Waals surface area contributed by atoms with Gasteiger partial charge in [0.25, 0.3) is 5.91 Å². The first-order valence-corrected chi connectivity index (χ1v) is 12.1. The lowest BCUT2D eigenvalue weighted by molar-refractivity contribution is -0.127. The fourth-order valence-electron chi connectivity index (χ4n) is 3.81. The number of rotatable bonds is 6. The van der Waals surface area contributed by atoms with Gasteiger partial charge in [0, 0.05) is 29.2 Å². The molecule has 1 saturated heterocycles. The maximum absolute atomic E-state index is 13.4. The zero-order valence-corrected chi connectivity index (χ0v) is 20.1. The van der Waals surface area contributed by atoms with Crippen molar-refractivity contribution in [2.75, 3.05) is 13.7 Å². The summed E-state index contributed by atoms with van der Waals surface area (Å²) in [6.07, 6.45) is 2.32. The van der Waals surface area contributed by atoms with E-state index in [1.807, 2.05) is 35.8 Å². The molecule has 3 aromatic rings. The number of carbonyl (C=O) groups excluding carboxylic acids is 2. The van der Waals surface area contributed by atoms with Crippen LogP contribution in [-0.4, -0.2) is 50.4 Å². The Morgan fingerprint density at radius 3 is 2.52 bits per heavy atom. The monoisotopic (exact) mass is 484 g/mol. The molecule has 1 fully saturated rings. The van der Waals surface area contributed by atoms with Gasteiger partial charge in [-0.15, -0.1) is 10.2 Å². The van der Waals surface area contributed by atoms with Crippen LogP contribution in [-0.2, 0) is 11.3 Å². The van der Waals surface area contributed by atoms with Crippen molar-refractivity contribution in [3.63, 3.8) is 0 Å². The van der Waals surface area contributed by atoms with Gasteiger partial charge in [-0.25, -0.2) is 0 Å². The summed E-state index contributed by atoms with van der Waals surface area (Å²) in [5.74, 6) is 1.03. The molecule has 1 aliphatic rings. The Hall–Kier alpha value is -2.84. The minimum atomic E-state index is -0.401. The molecule has 2 amide bonds. The predicted octanol–water partition coefficient (Wildman–Crippen LogP) is 4.94. The van der Waals surface area contributed by atoms with E-state index in [1.165, 1.54) is 16.7 Å². The SMILES string of the molecule is CCn1c(S[C@@H]2CCCCN(C(=O)c3ccc(Cl)cc3)C2=O)nnc1-c1ccc(OC)cc1. The van der Waals surface area contributed by atoms with Gasteiger partial charge < -0.3 is 9.30 Å². The Labute approximate surface area is 202 Å². The third-order valence-corrected chi connectivity index (χ3v) is 7.09. The fraction of sp³-hybridized carbons (Fsp3) is 0.333. The van der Waals surface area contributed by atoms with Crippen LogP contribution < -0.4 is 4.74 Å². The number of halogens is 1. The van der Waals surface area contributed by atoms with E-state index < -0.39 is 5.25 Å². The summed E-state index contributed by atoms with van der Waals surface area (Å²) >= 11 is 7.32. The van der Waals surface area contributed by atoms with Crippen LogP contribution in [0.5, 0.6) is 5.75 Å². The van der Waals surface area contributed by atoms with Crippen molar-refractivity contribution in [2.45, 2.75) is 43.1 Å². The van der Waals surface area contributed by atoms with Gasteiger partial charge in [0.05, 0.1) is 12.4 Å². The second kappa shape index (κ2) is 10.4. The lowest BCUT2D eigenvalue weighted by atomic mass is 10.2. The predicted molar refractivity (Wildman–Crippen MR) is 129 cm³/mol. The van der Waals surface area contributed by atoms with Crippen molar-refractivity contribution in [1.82, 2.24) is 19.7 Å². The smallest absolute Gasteiger partial charge is 0.260 e. The van der Waals surface area contributed by atoms with Crippen LogP contribution in [0, 0.1) is 0 Å².